The number of carbonyl (C=O) groups is 1. The summed E-state index contributed by atoms with van der Waals surface area (Å²) in [6, 6.07) is 4.97. The Bertz CT molecular complexity index is 366. The summed E-state index contributed by atoms with van der Waals surface area (Å²) in [4.78, 5) is 11.3. The van der Waals surface area contributed by atoms with E-state index >= 15 is 0 Å². The van der Waals surface area contributed by atoms with Gasteiger partial charge in [0.05, 0.1) is 6.54 Å². The smallest absolute Gasteiger partial charge is 0.234 e. The predicted molar refractivity (Wildman–Crippen MR) is 61.5 cm³/mol. The molecule has 16 heavy (non-hydrogen) atoms. The van der Waals surface area contributed by atoms with Gasteiger partial charge in [-0.3, -0.25) is 4.79 Å². The minimum Gasteiger partial charge on any atom is -0.351 e. The number of rotatable bonds is 5. The topological polar surface area (TPSA) is 41.1 Å². The molecule has 0 atom stereocenters. The number of amides is 1. The Balaban J connectivity index is 2.42. The second-order valence-corrected chi connectivity index (χ2v) is 3.64. The highest BCUT2D eigenvalue weighted by atomic mass is 19.1. The maximum Gasteiger partial charge on any atom is 0.234 e. The van der Waals surface area contributed by atoms with Crippen LogP contribution in [0.25, 0.3) is 0 Å². The van der Waals surface area contributed by atoms with E-state index in [1.807, 2.05) is 13.0 Å². The van der Waals surface area contributed by atoms with Crippen molar-refractivity contribution in [3.05, 3.63) is 35.1 Å². The summed E-state index contributed by atoms with van der Waals surface area (Å²) in [5.41, 5.74) is 1.38. The fourth-order valence-corrected chi connectivity index (χ4v) is 1.25. The lowest BCUT2D eigenvalue weighted by Gasteiger charge is -2.06. The Morgan fingerprint density at radius 1 is 1.44 bits per heavy atom. The lowest BCUT2D eigenvalue weighted by Crippen LogP contribution is -2.33. The van der Waals surface area contributed by atoms with Gasteiger partial charge in [-0.05, 0) is 30.7 Å². The molecule has 0 aliphatic heterocycles. The summed E-state index contributed by atoms with van der Waals surface area (Å²) in [5, 5.41) is 5.63. The van der Waals surface area contributed by atoms with Crippen molar-refractivity contribution in [1.82, 2.24) is 10.6 Å². The molecule has 1 aromatic rings. The molecule has 0 heterocycles. The molecule has 1 amide bonds. The lowest BCUT2D eigenvalue weighted by molar-refractivity contribution is -0.120. The second-order valence-electron chi connectivity index (χ2n) is 3.64. The summed E-state index contributed by atoms with van der Waals surface area (Å²) in [6.07, 6.45) is 0. The maximum absolute atomic E-state index is 13.2. The van der Waals surface area contributed by atoms with Gasteiger partial charge < -0.3 is 10.6 Å². The maximum atomic E-state index is 13.2. The molecule has 1 rings (SSSR count). The Kier molecular flexibility index (Phi) is 4.92. The van der Waals surface area contributed by atoms with Crippen LogP contribution in [0.5, 0.6) is 0 Å². The van der Waals surface area contributed by atoms with Gasteiger partial charge in [0.25, 0.3) is 0 Å². The molecular formula is C12H17FN2O. The van der Waals surface area contributed by atoms with Crippen molar-refractivity contribution < 1.29 is 9.18 Å². The molecule has 0 spiro atoms. The number of benzene rings is 1. The minimum atomic E-state index is -0.238. The third kappa shape index (κ3) is 3.98. The van der Waals surface area contributed by atoms with E-state index in [2.05, 4.69) is 10.6 Å². The highest BCUT2D eigenvalue weighted by Gasteiger charge is 2.02. The van der Waals surface area contributed by atoms with E-state index in [0.717, 1.165) is 12.1 Å². The van der Waals surface area contributed by atoms with Crippen molar-refractivity contribution in [3.8, 4) is 0 Å². The van der Waals surface area contributed by atoms with Crippen molar-refractivity contribution in [2.24, 2.45) is 0 Å². The number of likely N-dealkylation sites (N-methyl/N-ethyl adjacent to an activating group) is 1. The molecule has 0 fully saturated rings. The lowest BCUT2D eigenvalue weighted by atomic mass is 10.1. The van der Waals surface area contributed by atoms with Gasteiger partial charge in [-0.2, -0.15) is 0 Å². The van der Waals surface area contributed by atoms with Gasteiger partial charge in [0.1, 0.15) is 5.82 Å². The van der Waals surface area contributed by atoms with E-state index in [-0.39, 0.29) is 11.7 Å². The van der Waals surface area contributed by atoms with Gasteiger partial charge in [-0.25, -0.2) is 4.39 Å². The molecule has 0 aliphatic rings. The first-order chi connectivity index (χ1) is 7.63. The molecule has 88 valence electrons. The van der Waals surface area contributed by atoms with Crippen LogP contribution >= 0.6 is 0 Å². The largest absolute Gasteiger partial charge is 0.351 e. The predicted octanol–water partition coefficient (Wildman–Crippen LogP) is 1.36. The fraction of sp³-hybridized carbons (Fsp3) is 0.417. The van der Waals surface area contributed by atoms with Crippen LogP contribution < -0.4 is 10.6 Å². The van der Waals surface area contributed by atoms with Crippen LogP contribution in [0.2, 0.25) is 0 Å². The Morgan fingerprint density at radius 3 is 2.81 bits per heavy atom. The highest BCUT2D eigenvalue weighted by molar-refractivity contribution is 5.77. The van der Waals surface area contributed by atoms with Crippen LogP contribution in [0.3, 0.4) is 0 Å². The summed E-state index contributed by atoms with van der Waals surface area (Å²) in [5.74, 6) is -0.318. The summed E-state index contributed by atoms with van der Waals surface area (Å²) in [7, 11) is 0. The van der Waals surface area contributed by atoms with E-state index in [0.29, 0.717) is 18.7 Å². The summed E-state index contributed by atoms with van der Waals surface area (Å²) < 4.78 is 13.2. The quantitative estimate of drug-likeness (QED) is 0.793. The molecule has 0 bridgehead atoms. The number of halogens is 1. The fourth-order valence-electron chi connectivity index (χ4n) is 1.25. The minimum absolute atomic E-state index is 0.0807. The van der Waals surface area contributed by atoms with Crippen LogP contribution in [-0.4, -0.2) is 19.0 Å². The average Bonchev–Trinajstić information content (AvgIpc) is 2.28. The SMILES string of the molecule is CCNCC(=O)NCc1ccc(C)c(F)c1. The standard InChI is InChI=1S/C12H17FN2O/c1-3-14-8-12(16)15-7-10-5-4-9(2)11(13)6-10/h4-6,14H,3,7-8H2,1-2H3,(H,15,16). The average molecular weight is 224 g/mol. The van der Waals surface area contributed by atoms with Gasteiger partial charge >= 0.3 is 0 Å². The molecule has 2 N–H and O–H groups in total. The molecule has 0 saturated carbocycles. The summed E-state index contributed by atoms with van der Waals surface area (Å²) >= 11 is 0. The van der Waals surface area contributed by atoms with Gasteiger partial charge in [0.2, 0.25) is 5.91 Å². The van der Waals surface area contributed by atoms with E-state index < -0.39 is 0 Å². The van der Waals surface area contributed by atoms with E-state index in [4.69, 9.17) is 0 Å². The number of hydrogen-bond donors (Lipinski definition) is 2. The van der Waals surface area contributed by atoms with Crippen LogP contribution in [0, 0.1) is 12.7 Å². The first-order valence-electron chi connectivity index (χ1n) is 5.36. The van der Waals surface area contributed by atoms with E-state index in [9.17, 15) is 9.18 Å². The van der Waals surface area contributed by atoms with Gasteiger partial charge in [0, 0.05) is 6.54 Å². The molecular weight excluding hydrogens is 207 g/mol. The van der Waals surface area contributed by atoms with E-state index in [1.54, 1.807) is 13.0 Å². The zero-order chi connectivity index (χ0) is 12.0. The zero-order valence-electron chi connectivity index (χ0n) is 9.64. The Morgan fingerprint density at radius 2 is 2.19 bits per heavy atom. The third-order valence-corrected chi connectivity index (χ3v) is 2.26. The normalized spacial score (nSPS) is 10.2. The molecule has 3 nitrogen and oxygen atoms in total. The number of carbonyl (C=O) groups excluding carboxylic acids is 1. The molecule has 1 aromatic carbocycles. The highest BCUT2D eigenvalue weighted by Crippen LogP contribution is 2.08. The van der Waals surface area contributed by atoms with Crippen molar-refractivity contribution >= 4 is 5.91 Å². The Labute approximate surface area is 95.0 Å². The van der Waals surface area contributed by atoms with Gasteiger partial charge in [-0.15, -0.1) is 0 Å². The molecule has 0 radical (unpaired) electrons. The van der Waals surface area contributed by atoms with Crippen molar-refractivity contribution in [1.29, 1.82) is 0 Å². The molecule has 0 aromatic heterocycles. The van der Waals surface area contributed by atoms with Crippen LogP contribution in [0.4, 0.5) is 4.39 Å². The van der Waals surface area contributed by atoms with Crippen molar-refractivity contribution in [2.75, 3.05) is 13.1 Å². The van der Waals surface area contributed by atoms with Crippen molar-refractivity contribution in [3.63, 3.8) is 0 Å². The molecule has 0 unspecified atom stereocenters. The molecule has 4 heteroatoms. The van der Waals surface area contributed by atoms with Crippen LogP contribution in [0.15, 0.2) is 18.2 Å². The van der Waals surface area contributed by atoms with Gasteiger partial charge in [-0.1, -0.05) is 19.1 Å². The third-order valence-electron chi connectivity index (χ3n) is 2.26. The number of hydrogen-bond acceptors (Lipinski definition) is 2. The van der Waals surface area contributed by atoms with Gasteiger partial charge in [0.15, 0.2) is 0 Å². The number of nitrogens with one attached hydrogen (secondary N) is 2. The Hall–Kier alpha value is -1.42. The van der Waals surface area contributed by atoms with Crippen LogP contribution in [0.1, 0.15) is 18.1 Å². The van der Waals surface area contributed by atoms with E-state index in [1.165, 1.54) is 6.07 Å². The number of aryl methyl sites for hydroxylation is 1. The molecule has 0 saturated heterocycles. The first kappa shape index (κ1) is 12.6. The second kappa shape index (κ2) is 6.23. The first-order valence-corrected chi connectivity index (χ1v) is 5.36. The monoisotopic (exact) mass is 224 g/mol. The summed E-state index contributed by atoms with van der Waals surface area (Å²) in [6.45, 7) is 5.06. The zero-order valence-corrected chi connectivity index (χ0v) is 9.64. The van der Waals surface area contributed by atoms with Crippen LogP contribution in [-0.2, 0) is 11.3 Å². The van der Waals surface area contributed by atoms with Crippen molar-refractivity contribution in [2.45, 2.75) is 20.4 Å². The molecule has 0 aliphatic carbocycles.